The SMILES string of the molecule is CC#CCCn1nc(C)c(S(=O)(=O)Cl)c1C. The molecule has 0 radical (unpaired) electrons. The lowest BCUT2D eigenvalue weighted by Crippen LogP contribution is -2.02. The van der Waals surface area contributed by atoms with E-state index < -0.39 is 9.05 Å². The van der Waals surface area contributed by atoms with E-state index in [9.17, 15) is 8.42 Å². The van der Waals surface area contributed by atoms with Crippen LogP contribution < -0.4 is 0 Å². The fourth-order valence-corrected chi connectivity index (χ4v) is 3.06. The number of rotatable bonds is 3. The largest absolute Gasteiger partial charge is 0.267 e. The van der Waals surface area contributed by atoms with Crippen LogP contribution in [-0.4, -0.2) is 18.2 Å². The molecule has 0 N–H and O–H groups in total. The highest BCUT2D eigenvalue weighted by atomic mass is 35.7. The number of hydrogen-bond acceptors (Lipinski definition) is 3. The van der Waals surface area contributed by atoms with E-state index in [0.717, 1.165) is 0 Å². The Morgan fingerprint density at radius 2 is 2.06 bits per heavy atom. The molecule has 4 nitrogen and oxygen atoms in total. The zero-order valence-electron chi connectivity index (χ0n) is 9.41. The number of aromatic nitrogens is 2. The summed E-state index contributed by atoms with van der Waals surface area (Å²) in [5, 5.41) is 4.13. The summed E-state index contributed by atoms with van der Waals surface area (Å²) < 4.78 is 24.2. The number of hydrogen-bond donors (Lipinski definition) is 0. The van der Waals surface area contributed by atoms with Crippen LogP contribution in [0.2, 0.25) is 0 Å². The molecule has 1 aromatic heterocycles. The van der Waals surface area contributed by atoms with Gasteiger partial charge in [0.25, 0.3) is 9.05 Å². The van der Waals surface area contributed by atoms with Gasteiger partial charge in [0.05, 0.1) is 17.9 Å². The summed E-state index contributed by atoms with van der Waals surface area (Å²) in [4.78, 5) is 0.110. The fraction of sp³-hybridized carbons (Fsp3) is 0.500. The maximum Gasteiger partial charge on any atom is 0.264 e. The average molecular weight is 261 g/mol. The van der Waals surface area contributed by atoms with Gasteiger partial charge in [-0.15, -0.1) is 11.8 Å². The molecule has 1 aromatic rings. The van der Waals surface area contributed by atoms with Gasteiger partial charge in [0.15, 0.2) is 0 Å². The van der Waals surface area contributed by atoms with Gasteiger partial charge in [-0.05, 0) is 20.8 Å². The van der Waals surface area contributed by atoms with E-state index in [4.69, 9.17) is 10.7 Å². The van der Waals surface area contributed by atoms with Crippen LogP contribution in [-0.2, 0) is 15.6 Å². The Bertz CT molecular complexity index is 549. The number of halogens is 1. The van der Waals surface area contributed by atoms with Gasteiger partial charge < -0.3 is 0 Å². The highest BCUT2D eigenvalue weighted by Crippen LogP contribution is 2.23. The van der Waals surface area contributed by atoms with Gasteiger partial charge in [0.2, 0.25) is 0 Å². The average Bonchev–Trinajstić information content (AvgIpc) is 2.41. The molecule has 88 valence electrons. The molecule has 0 aliphatic carbocycles. The lowest BCUT2D eigenvalue weighted by atomic mass is 10.4. The van der Waals surface area contributed by atoms with E-state index in [0.29, 0.717) is 24.4 Å². The molecule has 0 bridgehead atoms. The summed E-state index contributed by atoms with van der Waals surface area (Å²) in [5.74, 6) is 5.67. The second-order valence-electron chi connectivity index (χ2n) is 3.34. The van der Waals surface area contributed by atoms with Crippen LogP contribution in [0.1, 0.15) is 24.7 Å². The minimum Gasteiger partial charge on any atom is -0.267 e. The molecule has 0 aromatic carbocycles. The van der Waals surface area contributed by atoms with E-state index >= 15 is 0 Å². The zero-order chi connectivity index (χ0) is 12.3. The van der Waals surface area contributed by atoms with Crippen molar-refractivity contribution in [2.24, 2.45) is 0 Å². The minimum atomic E-state index is -3.72. The zero-order valence-corrected chi connectivity index (χ0v) is 11.0. The molecule has 0 unspecified atom stereocenters. The summed E-state index contributed by atoms with van der Waals surface area (Å²) in [5.41, 5.74) is 0.988. The van der Waals surface area contributed by atoms with Crippen molar-refractivity contribution >= 4 is 19.7 Å². The lowest BCUT2D eigenvalue weighted by Gasteiger charge is -2.00. The van der Waals surface area contributed by atoms with Gasteiger partial charge in [-0.3, -0.25) is 4.68 Å². The van der Waals surface area contributed by atoms with E-state index in [-0.39, 0.29) is 4.90 Å². The number of aryl methyl sites for hydroxylation is 2. The van der Waals surface area contributed by atoms with Crippen molar-refractivity contribution in [3.05, 3.63) is 11.4 Å². The molecule has 0 saturated heterocycles. The van der Waals surface area contributed by atoms with Crippen molar-refractivity contribution in [1.82, 2.24) is 9.78 Å². The van der Waals surface area contributed by atoms with Crippen LogP contribution in [0.25, 0.3) is 0 Å². The van der Waals surface area contributed by atoms with Crippen molar-refractivity contribution in [2.75, 3.05) is 0 Å². The van der Waals surface area contributed by atoms with Crippen LogP contribution in [0.15, 0.2) is 4.90 Å². The Morgan fingerprint density at radius 3 is 2.50 bits per heavy atom. The lowest BCUT2D eigenvalue weighted by molar-refractivity contribution is 0.599. The summed E-state index contributed by atoms with van der Waals surface area (Å²) in [6.07, 6.45) is 0.639. The Balaban J connectivity index is 3.11. The monoisotopic (exact) mass is 260 g/mol. The van der Waals surface area contributed by atoms with Crippen LogP contribution in [0, 0.1) is 25.7 Å². The second kappa shape index (κ2) is 4.89. The Morgan fingerprint density at radius 1 is 1.44 bits per heavy atom. The van der Waals surface area contributed by atoms with E-state index in [1.807, 2.05) is 0 Å². The molecule has 0 atom stereocenters. The molecule has 0 aliphatic rings. The first kappa shape index (κ1) is 13.1. The molecule has 0 spiro atoms. The van der Waals surface area contributed by atoms with Gasteiger partial charge in [-0.2, -0.15) is 5.10 Å². The maximum atomic E-state index is 11.3. The third kappa shape index (κ3) is 2.77. The van der Waals surface area contributed by atoms with Gasteiger partial charge in [-0.1, -0.05) is 0 Å². The van der Waals surface area contributed by atoms with E-state index in [1.54, 1.807) is 25.5 Å². The highest BCUT2D eigenvalue weighted by molar-refractivity contribution is 8.13. The molecule has 0 amide bonds. The van der Waals surface area contributed by atoms with Crippen molar-refractivity contribution < 1.29 is 8.42 Å². The van der Waals surface area contributed by atoms with Gasteiger partial charge in [0, 0.05) is 17.1 Å². The van der Waals surface area contributed by atoms with Gasteiger partial charge >= 0.3 is 0 Å². The first-order chi connectivity index (χ1) is 7.38. The van der Waals surface area contributed by atoms with Crippen molar-refractivity contribution in [1.29, 1.82) is 0 Å². The molecule has 1 heterocycles. The quantitative estimate of drug-likeness (QED) is 0.616. The first-order valence-corrected chi connectivity index (χ1v) is 7.07. The van der Waals surface area contributed by atoms with Crippen molar-refractivity contribution in [2.45, 2.75) is 38.6 Å². The predicted octanol–water partition coefficient (Wildman–Crippen LogP) is 1.84. The molecule has 16 heavy (non-hydrogen) atoms. The molecule has 0 fully saturated rings. The predicted molar refractivity (Wildman–Crippen MR) is 62.8 cm³/mol. The molecular formula is C10H13ClN2O2S. The van der Waals surface area contributed by atoms with Gasteiger partial charge in [-0.25, -0.2) is 8.42 Å². The third-order valence-electron chi connectivity index (χ3n) is 2.18. The first-order valence-electron chi connectivity index (χ1n) is 4.76. The highest BCUT2D eigenvalue weighted by Gasteiger charge is 2.21. The van der Waals surface area contributed by atoms with Gasteiger partial charge in [0.1, 0.15) is 4.90 Å². The van der Waals surface area contributed by atoms with E-state index in [1.165, 1.54) is 0 Å². The second-order valence-corrected chi connectivity index (χ2v) is 5.84. The minimum absolute atomic E-state index is 0.110. The Hall–Kier alpha value is -0.990. The summed E-state index contributed by atoms with van der Waals surface area (Å²) >= 11 is 0. The van der Waals surface area contributed by atoms with Crippen molar-refractivity contribution in [3.8, 4) is 11.8 Å². The van der Waals surface area contributed by atoms with Crippen LogP contribution in [0.5, 0.6) is 0 Å². The van der Waals surface area contributed by atoms with Crippen LogP contribution in [0.3, 0.4) is 0 Å². The van der Waals surface area contributed by atoms with Crippen LogP contribution >= 0.6 is 10.7 Å². The van der Waals surface area contributed by atoms with E-state index in [2.05, 4.69) is 16.9 Å². The molecule has 0 aliphatic heterocycles. The fourth-order valence-electron chi connectivity index (χ4n) is 1.54. The summed E-state index contributed by atoms with van der Waals surface area (Å²) in [7, 11) is 1.61. The third-order valence-corrected chi connectivity index (χ3v) is 3.73. The molecule has 1 rings (SSSR count). The summed E-state index contributed by atoms with van der Waals surface area (Å²) in [6, 6.07) is 0. The molecule has 6 heteroatoms. The maximum absolute atomic E-state index is 11.3. The normalized spacial score (nSPS) is 11.0. The smallest absolute Gasteiger partial charge is 0.264 e. The topological polar surface area (TPSA) is 52.0 Å². The Kier molecular flexibility index (Phi) is 4.00. The molecular weight excluding hydrogens is 248 g/mol. The Labute approximate surface area is 100 Å². The number of nitrogens with zero attached hydrogens (tertiary/aromatic N) is 2. The van der Waals surface area contributed by atoms with Crippen molar-refractivity contribution in [3.63, 3.8) is 0 Å². The summed E-state index contributed by atoms with van der Waals surface area (Å²) in [6.45, 7) is 5.65. The molecule has 0 saturated carbocycles. The van der Waals surface area contributed by atoms with Crippen LogP contribution in [0.4, 0.5) is 0 Å². The standard InChI is InChI=1S/C10H13ClN2O2S/c1-4-5-6-7-13-9(3)10(8(2)12-13)16(11,14)15/h6-7H2,1-3H3.